The number of ether oxygens (including phenoxy) is 3. The molecule has 0 saturated carbocycles. The van der Waals surface area contributed by atoms with Crippen molar-refractivity contribution >= 4 is 5.82 Å². The lowest BCUT2D eigenvalue weighted by molar-refractivity contribution is 0.201. The van der Waals surface area contributed by atoms with Gasteiger partial charge in [-0.15, -0.1) is 0 Å². The molecule has 0 aromatic carbocycles. The van der Waals surface area contributed by atoms with Crippen molar-refractivity contribution in [2.45, 2.75) is 19.9 Å². The predicted octanol–water partition coefficient (Wildman–Crippen LogP) is 1.53. The molecule has 0 aliphatic carbocycles. The molecule has 3 heterocycles. The molecule has 2 aromatic heterocycles. The maximum atomic E-state index is 5.84. The molecule has 0 spiro atoms. The van der Waals surface area contributed by atoms with Crippen LogP contribution in [0.5, 0.6) is 17.5 Å². The van der Waals surface area contributed by atoms with Gasteiger partial charge in [0.1, 0.15) is 13.2 Å². The second-order valence-corrected chi connectivity index (χ2v) is 5.87. The molecule has 2 aromatic rings. The highest BCUT2D eigenvalue weighted by molar-refractivity contribution is 5.49. The monoisotopic (exact) mass is 359 g/mol. The summed E-state index contributed by atoms with van der Waals surface area (Å²) in [5, 5.41) is 3.37. The van der Waals surface area contributed by atoms with Gasteiger partial charge in [-0.05, 0) is 26.0 Å². The topological polar surface area (TPSA) is 81.6 Å². The number of hydrogen-bond acceptors (Lipinski definition) is 8. The normalized spacial score (nSPS) is 17.0. The smallest absolute Gasteiger partial charge is 0.257 e. The summed E-state index contributed by atoms with van der Waals surface area (Å²) in [4.78, 5) is 15.2. The molecule has 26 heavy (non-hydrogen) atoms. The molecule has 1 N–H and O–H groups in total. The van der Waals surface area contributed by atoms with Crippen LogP contribution in [0, 0.1) is 0 Å². The highest BCUT2D eigenvalue weighted by Crippen LogP contribution is 2.26. The number of hydrogen-bond donors (Lipinski definition) is 1. The van der Waals surface area contributed by atoms with E-state index < -0.39 is 0 Å². The first-order valence-electron chi connectivity index (χ1n) is 8.91. The Kier molecular flexibility index (Phi) is 6.43. The quantitative estimate of drug-likeness (QED) is 0.711. The van der Waals surface area contributed by atoms with Gasteiger partial charge < -0.3 is 24.4 Å². The lowest BCUT2D eigenvalue weighted by Crippen LogP contribution is -2.50. The van der Waals surface area contributed by atoms with Crippen LogP contribution in [-0.2, 0) is 0 Å². The Balaban J connectivity index is 1.57. The van der Waals surface area contributed by atoms with E-state index in [1.165, 1.54) is 0 Å². The Bertz CT molecular complexity index is 700. The van der Waals surface area contributed by atoms with E-state index in [0.29, 0.717) is 43.4 Å². The fourth-order valence-corrected chi connectivity index (χ4v) is 2.79. The third-order valence-electron chi connectivity index (χ3n) is 4.02. The van der Waals surface area contributed by atoms with E-state index in [2.05, 4.69) is 32.1 Å². The second-order valence-electron chi connectivity index (χ2n) is 5.87. The average Bonchev–Trinajstić information content (AvgIpc) is 2.67. The van der Waals surface area contributed by atoms with E-state index in [1.54, 1.807) is 18.6 Å². The van der Waals surface area contributed by atoms with Gasteiger partial charge in [0.25, 0.3) is 11.8 Å². The van der Waals surface area contributed by atoms with Crippen molar-refractivity contribution in [1.29, 1.82) is 0 Å². The maximum Gasteiger partial charge on any atom is 0.257 e. The number of pyridine rings is 1. The lowest BCUT2D eigenvalue weighted by atomic mass is 10.2. The summed E-state index contributed by atoms with van der Waals surface area (Å²) in [7, 11) is 0. The zero-order valence-electron chi connectivity index (χ0n) is 15.2. The van der Waals surface area contributed by atoms with E-state index >= 15 is 0 Å². The first-order chi connectivity index (χ1) is 12.8. The van der Waals surface area contributed by atoms with Crippen molar-refractivity contribution in [2.75, 3.05) is 44.4 Å². The van der Waals surface area contributed by atoms with Gasteiger partial charge in [0.15, 0.2) is 11.6 Å². The van der Waals surface area contributed by atoms with Gasteiger partial charge in [-0.2, -0.15) is 0 Å². The number of rotatable bonds is 8. The zero-order valence-corrected chi connectivity index (χ0v) is 15.2. The summed E-state index contributed by atoms with van der Waals surface area (Å²) in [5.74, 6) is 2.40. The van der Waals surface area contributed by atoms with Crippen LogP contribution < -0.4 is 24.4 Å². The SMILES string of the molecule is CCOc1ncccc1OCCOc1nccnc1N1CCNC[C@H]1C. The molecule has 1 atom stereocenters. The van der Waals surface area contributed by atoms with Crippen LogP contribution in [0.15, 0.2) is 30.7 Å². The molecule has 1 aliphatic heterocycles. The first kappa shape index (κ1) is 18.2. The highest BCUT2D eigenvalue weighted by atomic mass is 16.5. The van der Waals surface area contributed by atoms with Crippen LogP contribution >= 0.6 is 0 Å². The molecule has 0 unspecified atom stereocenters. The molecule has 140 valence electrons. The van der Waals surface area contributed by atoms with Crippen molar-refractivity contribution in [2.24, 2.45) is 0 Å². The second kappa shape index (κ2) is 9.19. The van der Waals surface area contributed by atoms with Crippen molar-refractivity contribution in [1.82, 2.24) is 20.3 Å². The third kappa shape index (κ3) is 4.51. The molecule has 0 radical (unpaired) electrons. The number of nitrogens with zero attached hydrogens (tertiary/aromatic N) is 4. The molecular formula is C18H25N5O3. The molecular weight excluding hydrogens is 334 g/mol. The number of anilines is 1. The Morgan fingerprint density at radius 2 is 1.88 bits per heavy atom. The van der Waals surface area contributed by atoms with Crippen LogP contribution in [0.25, 0.3) is 0 Å². The summed E-state index contributed by atoms with van der Waals surface area (Å²) in [6.07, 6.45) is 5.01. The van der Waals surface area contributed by atoms with Gasteiger partial charge in [-0.1, -0.05) is 0 Å². The van der Waals surface area contributed by atoms with Crippen molar-refractivity contribution < 1.29 is 14.2 Å². The minimum Gasteiger partial charge on any atom is -0.484 e. The molecule has 3 rings (SSSR count). The summed E-state index contributed by atoms with van der Waals surface area (Å²) in [6, 6.07) is 3.97. The fourth-order valence-electron chi connectivity index (χ4n) is 2.79. The van der Waals surface area contributed by atoms with Crippen molar-refractivity contribution in [3.05, 3.63) is 30.7 Å². The Morgan fingerprint density at radius 1 is 1.08 bits per heavy atom. The lowest BCUT2D eigenvalue weighted by Gasteiger charge is -2.35. The van der Waals surface area contributed by atoms with Gasteiger partial charge in [-0.25, -0.2) is 15.0 Å². The predicted molar refractivity (Wildman–Crippen MR) is 98.1 cm³/mol. The number of piperazine rings is 1. The van der Waals surface area contributed by atoms with Crippen molar-refractivity contribution in [3.63, 3.8) is 0 Å². The molecule has 1 aliphatic rings. The van der Waals surface area contributed by atoms with E-state index in [1.807, 2.05) is 19.1 Å². The molecule has 0 amide bonds. The van der Waals surface area contributed by atoms with Crippen LogP contribution in [0.2, 0.25) is 0 Å². The number of nitrogens with one attached hydrogen (secondary N) is 1. The highest BCUT2D eigenvalue weighted by Gasteiger charge is 2.23. The van der Waals surface area contributed by atoms with Crippen LogP contribution in [-0.4, -0.2) is 60.4 Å². The fraction of sp³-hybridized carbons (Fsp3) is 0.500. The van der Waals surface area contributed by atoms with Gasteiger partial charge >= 0.3 is 0 Å². The minimum absolute atomic E-state index is 0.336. The van der Waals surface area contributed by atoms with Crippen LogP contribution in [0.3, 0.4) is 0 Å². The molecule has 1 saturated heterocycles. The summed E-state index contributed by atoms with van der Waals surface area (Å²) >= 11 is 0. The van der Waals surface area contributed by atoms with E-state index in [0.717, 1.165) is 25.5 Å². The Labute approximate surface area is 153 Å². The van der Waals surface area contributed by atoms with Crippen molar-refractivity contribution in [3.8, 4) is 17.5 Å². The Morgan fingerprint density at radius 3 is 2.73 bits per heavy atom. The molecule has 8 heteroatoms. The zero-order chi connectivity index (χ0) is 18.2. The summed E-state index contributed by atoms with van der Waals surface area (Å²) < 4.78 is 17.0. The molecule has 8 nitrogen and oxygen atoms in total. The van der Waals surface area contributed by atoms with Gasteiger partial charge in [0.05, 0.1) is 6.61 Å². The average molecular weight is 359 g/mol. The third-order valence-corrected chi connectivity index (χ3v) is 4.02. The summed E-state index contributed by atoms with van der Waals surface area (Å²) in [5.41, 5.74) is 0. The molecule has 0 bridgehead atoms. The standard InChI is InChI=1S/C18H25N5O3/c1-3-24-17-15(5-4-6-21-17)25-11-12-26-18-16(20-7-8-22-18)23-10-9-19-13-14(23)2/h4-8,14,19H,3,9-13H2,1-2H3/t14-/m1/s1. The largest absolute Gasteiger partial charge is 0.484 e. The van der Waals surface area contributed by atoms with Crippen LogP contribution in [0.1, 0.15) is 13.8 Å². The maximum absolute atomic E-state index is 5.84. The van der Waals surface area contributed by atoms with Crippen LogP contribution in [0.4, 0.5) is 5.82 Å². The molecule has 1 fully saturated rings. The van der Waals surface area contributed by atoms with Gasteiger partial charge in [0.2, 0.25) is 0 Å². The summed E-state index contributed by atoms with van der Waals surface area (Å²) in [6.45, 7) is 8.03. The van der Waals surface area contributed by atoms with E-state index in [9.17, 15) is 0 Å². The van der Waals surface area contributed by atoms with Gasteiger partial charge in [0, 0.05) is 44.3 Å². The van der Waals surface area contributed by atoms with E-state index in [-0.39, 0.29) is 0 Å². The van der Waals surface area contributed by atoms with Gasteiger partial charge in [-0.3, -0.25) is 0 Å². The number of aromatic nitrogens is 3. The first-order valence-corrected chi connectivity index (χ1v) is 8.91. The Hall–Kier alpha value is -2.61. The minimum atomic E-state index is 0.336. The van der Waals surface area contributed by atoms with E-state index in [4.69, 9.17) is 14.2 Å².